The van der Waals surface area contributed by atoms with E-state index in [1.807, 2.05) is 13.8 Å². The summed E-state index contributed by atoms with van der Waals surface area (Å²) in [5, 5.41) is 0.451. The third-order valence-corrected chi connectivity index (χ3v) is 2.98. The fourth-order valence-electron chi connectivity index (χ4n) is 1.82. The molecule has 0 aliphatic rings. The fraction of sp³-hybridized carbons (Fsp3) is 0.462. The van der Waals surface area contributed by atoms with Crippen LogP contribution in [0.25, 0.3) is 0 Å². The molecule has 0 fully saturated rings. The lowest BCUT2D eigenvalue weighted by molar-refractivity contribution is 0.101. The first kappa shape index (κ1) is 13.8. The van der Waals surface area contributed by atoms with Crippen LogP contribution in [-0.2, 0) is 0 Å². The molecule has 0 amide bonds. The summed E-state index contributed by atoms with van der Waals surface area (Å²) >= 11 is 6.28. The lowest BCUT2D eigenvalue weighted by atomic mass is 9.94. The zero-order valence-electron chi connectivity index (χ0n) is 10.8. The van der Waals surface area contributed by atoms with Gasteiger partial charge >= 0.3 is 0 Å². The van der Waals surface area contributed by atoms with Crippen LogP contribution < -0.4 is 9.47 Å². The third kappa shape index (κ3) is 2.55. The molecule has 94 valence electrons. The van der Waals surface area contributed by atoms with Crippen LogP contribution in [0.15, 0.2) is 6.07 Å². The molecule has 0 aromatic heterocycles. The number of ketones is 1. The number of Topliss-reactive ketones (excluding diaryl/α,β-unsaturated/α-hetero) is 1. The van der Waals surface area contributed by atoms with Crippen molar-refractivity contribution in [2.45, 2.75) is 26.7 Å². The number of halogens is 1. The Kier molecular flexibility index (Phi) is 4.40. The lowest BCUT2D eigenvalue weighted by Crippen LogP contribution is -2.05. The summed E-state index contributed by atoms with van der Waals surface area (Å²) in [6.45, 7) is 5.49. The van der Waals surface area contributed by atoms with Crippen molar-refractivity contribution >= 4 is 17.4 Å². The molecule has 0 N–H and O–H groups in total. The zero-order valence-corrected chi connectivity index (χ0v) is 11.5. The molecule has 1 rings (SSSR count). The second-order valence-corrected chi connectivity index (χ2v) is 4.48. The Morgan fingerprint density at radius 3 is 2.24 bits per heavy atom. The maximum Gasteiger partial charge on any atom is 0.179 e. The van der Waals surface area contributed by atoms with E-state index in [0.29, 0.717) is 22.1 Å². The number of methoxy groups -OCH3 is 2. The number of rotatable bonds is 4. The second kappa shape index (κ2) is 5.41. The van der Waals surface area contributed by atoms with E-state index >= 15 is 0 Å². The number of benzene rings is 1. The fourth-order valence-corrected chi connectivity index (χ4v) is 2.31. The van der Waals surface area contributed by atoms with Crippen LogP contribution >= 0.6 is 11.6 Å². The minimum Gasteiger partial charge on any atom is -0.493 e. The summed E-state index contributed by atoms with van der Waals surface area (Å²) in [5.41, 5.74) is 1.39. The number of hydrogen-bond acceptors (Lipinski definition) is 3. The SMILES string of the molecule is COc1cc(C(C)=O)c(C(C)C)c(Cl)c1OC. The molecule has 0 spiro atoms. The van der Waals surface area contributed by atoms with E-state index < -0.39 is 0 Å². The average Bonchev–Trinajstić information content (AvgIpc) is 2.26. The quantitative estimate of drug-likeness (QED) is 0.771. The van der Waals surface area contributed by atoms with Gasteiger partial charge < -0.3 is 9.47 Å². The molecule has 4 heteroatoms. The highest BCUT2D eigenvalue weighted by atomic mass is 35.5. The van der Waals surface area contributed by atoms with Gasteiger partial charge in [0.2, 0.25) is 0 Å². The van der Waals surface area contributed by atoms with E-state index in [0.717, 1.165) is 5.56 Å². The van der Waals surface area contributed by atoms with Crippen molar-refractivity contribution in [1.29, 1.82) is 0 Å². The minimum atomic E-state index is -0.0310. The van der Waals surface area contributed by atoms with E-state index in [9.17, 15) is 4.79 Å². The van der Waals surface area contributed by atoms with Gasteiger partial charge in [-0.2, -0.15) is 0 Å². The van der Waals surface area contributed by atoms with Crippen molar-refractivity contribution < 1.29 is 14.3 Å². The van der Waals surface area contributed by atoms with Gasteiger partial charge in [-0.3, -0.25) is 4.79 Å². The predicted molar refractivity (Wildman–Crippen MR) is 68.6 cm³/mol. The highest BCUT2D eigenvalue weighted by molar-refractivity contribution is 6.33. The van der Waals surface area contributed by atoms with Gasteiger partial charge in [0.15, 0.2) is 17.3 Å². The molecule has 0 unspecified atom stereocenters. The molecule has 0 bridgehead atoms. The van der Waals surface area contributed by atoms with Crippen molar-refractivity contribution in [3.63, 3.8) is 0 Å². The van der Waals surface area contributed by atoms with E-state index in [2.05, 4.69) is 0 Å². The van der Waals surface area contributed by atoms with Crippen molar-refractivity contribution in [2.75, 3.05) is 14.2 Å². The topological polar surface area (TPSA) is 35.5 Å². The molecular formula is C13H17ClO3. The number of ether oxygens (including phenoxy) is 2. The molecule has 17 heavy (non-hydrogen) atoms. The first-order chi connectivity index (χ1) is 7.93. The summed E-state index contributed by atoms with van der Waals surface area (Å²) in [4.78, 5) is 11.6. The Bertz CT molecular complexity index is 439. The largest absolute Gasteiger partial charge is 0.493 e. The van der Waals surface area contributed by atoms with Crippen LogP contribution in [0.1, 0.15) is 42.6 Å². The van der Waals surface area contributed by atoms with Crippen LogP contribution in [0.2, 0.25) is 5.02 Å². The predicted octanol–water partition coefficient (Wildman–Crippen LogP) is 3.68. The Morgan fingerprint density at radius 2 is 1.88 bits per heavy atom. The summed E-state index contributed by atoms with van der Waals surface area (Å²) < 4.78 is 10.4. The maximum absolute atomic E-state index is 11.6. The molecule has 0 atom stereocenters. The Balaban J connectivity index is 3.61. The molecule has 1 aromatic rings. The van der Waals surface area contributed by atoms with Gasteiger partial charge in [-0.05, 0) is 24.5 Å². The van der Waals surface area contributed by atoms with Gasteiger partial charge in [0.05, 0.1) is 19.2 Å². The first-order valence-electron chi connectivity index (χ1n) is 5.39. The van der Waals surface area contributed by atoms with Gasteiger partial charge in [0.25, 0.3) is 0 Å². The van der Waals surface area contributed by atoms with Crippen molar-refractivity contribution in [3.8, 4) is 11.5 Å². The van der Waals surface area contributed by atoms with Gasteiger partial charge in [-0.25, -0.2) is 0 Å². The van der Waals surface area contributed by atoms with Crippen LogP contribution in [0.4, 0.5) is 0 Å². The highest BCUT2D eigenvalue weighted by Gasteiger charge is 2.22. The molecule has 0 saturated carbocycles. The molecule has 0 radical (unpaired) electrons. The highest BCUT2D eigenvalue weighted by Crippen LogP contribution is 2.42. The van der Waals surface area contributed by atoms with Gasteiger partial charge in [0.1, 0.15) is 0 Å². The summed E-state index contributed by atoms with van der Waals surface area (Å²) in [6.07, 6.45) is 0. The van der Waals surface area contributed by atoms with Crippen molar-refractivity contribution in [2.24, 2.45) is 0 Å². The van der Waals surface area contributed by atoms with E-state index in [1.54, 1.807) is 6.07 Å². The average molecular weight is 257 g/mol. The number of hydrogen-bond donors (Lipinski definition) is 0. The summed E-state index contributed by atoms with van der Waals surface area (Å²) in [7, 11) is 3.05. The lowest BCUT2D eigenvalue weighted by Gasteiger charge is -2.18. The normalized spacial score (nSPS) is 10.5. The van der Waals surface area contributed by atoms with Crippen LogP contribution in [0, 0.1) is 0 Å². The number of carbonyl (C=O) groups excluding carboxylic acids is 1. The van der Waals surface area contributed by atoms with Crippen molar-refractivity contribution in [3.05, 3.63) is 22.2 Å². The molecule has 3 nitrogen and oxygen atoms in total. The van der Waals surface area contributed by atoms with Gasteiger partial charge in [0, 0.05) is 5.56 Å². The first-order valence-corrected chi connectivity index (χ1v) is 5.77. The molecule has 0 aliphatic carbocycles. The van der Waals surface area contributed by atoms with Crippen molar-refractivity contribution in [1.82, 2.24) is 0 Å². The van der Waals surface area contributed by atoms with Gasteiger partial charge in [-0.15, -0.1) is 0 Å². The number of carbonyl (C=O) groups is 1. The second-order valence-electron chi connectivity index (χ2n) is 4.10. The van der Waals surface area contributed by atoms with Crippen LogP contribution in [0.3, 0.4) is 0 Å². The summed E-state index contributed by atoms with van der Waals surface area (Å²) in [6, 6.07) is 1.68. The Morgan fingerprint density at radius 1 is 1.29 bits per heavy atom. The summed E-state index contributed by atoms with van der Waals surface area (Å²) in [5.74, 6) is 1.06. The molecule has 0 saturated heterocycles. The monoisotopic (exact) mass is 256 g/mol. The Hall–Kier alpha value is -1.22. The minimum absolute atomic E-state index is 0.0310. The third-order valence-electron chi connectivity index (χ3n) is 2.61. The van der Waals surface area contributed by atoms with E-state index in [-0.39, 0.29) is 11.7 Å². The standard InChI is InChI=1S/C13H17ClO3/c1-7(2)11-9(8(3)15)6-10(16-4)13(17-5)12(11)14/h6-7H,1-5H3. The molecule has 0 heterocycles. The van der Waals surface area contributed by atoms with Crippen LogP contribution in [-0.4, -0.2) is 20.0 Å². The van der Waals surface area contributed by atoms with E-state index in [4.69, 9.17) is 21.1 Å². The van der Waals surface area contributed by atoms with E-state index in [1.165, 1.54) is 21.1 Å². The maximum atomic E-state index is 11.6. The molecular weight excluding hydrogens is 240 g/mol. The molecule has 1 aromatic carbocycles. The molecule has 0 aliphatic heterocycles. The Labute approximate surface area is 107 Å². The van der Waals surface area contributed by atoms with Crippen LogP contribution in [0.5, 0.6) is 11.5 Å². The van der Waals surface area contributed by atoms with Gasteiger partial charge in [-0.1, -0.05) is 25.4 Å². The zero-order chi connectivity index (χ0) is 13.2. The smallest absolute Gasteiger partial charge is 0.179 e.